The van der Waals surface area contributed by atoms with Gasteiger partial charge in [-0.1, -0.05) is 0 Å². The van der Waals surface area contributed by atoms with E-state index in [1.807, 2.05) is 24.3 Å². The SMILES string of the molecule is COc1ccc(-c2nnc(CN3CCN(CC(=O)NC4CC4)CC3)o2)cc1. The van der Waals surface area contributed by atoms with Crippen LogP contribution in [0.2, 0.25) is 0 Å². The summed E-state index contributed by atoms with van der Waals surface area (Å²) in [6.45, 7) is 4.64. The van der Waals surface area contributed by atoms with E-state index in [0.717, 1.165) is 50.3 Å². The first-order chi connectivity index (χ1) is 13.2. The molecule has 1 aromatic carbocycles. The number of aromatic nitrogens is 2. The number of piperazine rings is 1. The Morgan fingerprint density at radius 2 is 1.85 bits per heavy atom. The molecule has 1 aliphatic carbocycles. The molecule has 1 aliphatic heterocycles. The van der Waals surface area contributed by atoms with Crippen molar-refractivity contribution in [2.24, 2.45) is 0 Å². The standard InChI is InChI=1S/C19H25N5O3/c1-26-16-6-2-14(3-7-16)19-22-21-18(27-19)13-24-10-8-23(9-11-24)12-17(25)20-15-4-5-15/h2-3,6-7,15H,4-5,8-13H2,1H3,(H,20,25). The zero-order valence-electron chi connectivity index (χ0n) is 15.6. The number of ether oxygens (including phenoxy) is 1. The summed E-state index contributed by atoms with van der Waals surface area (Å²) in [7, 11) is 1.64. The molecule has 144 valence electrons. The number of amides is 1. The number of rotatable bonds is 7. The van der Waals surface area contributed by atoms with E-state index in [2.05, 4.69) is 25.3 Å². The zero-order valence-corrected chi connectivity index (χ0v) is 15.6. The predicted molar refractivity (Wildman–Crippen MR) is 99.2 cm³/mol. The van der Waals surface area contributed by atoms with Gasteiger partial charge in [0, 0.05) is 37.8 Å². The van der Waals surface area contributed by atoms with Crippen LogP contribution in [-0.4, -0.2) is 71.8 Å². The van der Waals surface area contributed by atoms with E-state index in [9.17, 15) is 4.79 Å². The molecule has 2 fully saturated rings. The molecule has 2 aromatic rings. The van der Waals surface area contributed by atoms with Crippen LogP contribution in [0, 0.1) is 0 Å². The highest BCUT2D eigenvalue weighted by molar-refractivity contribution is 5.78. The molecule has 8 heteroatoms. The Balaban J connectivity index is 1.25. The number of hydrogen-bond donors (Lipinski definition) is 1. The van der Waals surface area contributed by atoms with E-state index in [1.54, 1.807) is 7.11 Å². The minimum atomic E-state index is 0.145. The Labute approximate surface area is 158 Å². The quantitative estimate of drug-likeness (QED) is 0.781. The van der Waals surface area contributed by atoms with Crippen LogP contribution >= 0.6 is 0 Å². The number of carbonyl (C=O) groups excluding carboxylic acids is 1. The van der Waals surface area contributed by atoms with E-state index < -0.39 is 0 Å². The van der Waals surface area contributed by atoms with Crippen molar-refractivity contribution in [3.63, 3.8) is 0 Å². The average Bonchev–Trinajstić information content (AvgIpc) is 3.38. The third kappa shape index (κ3) is 4.84. The highest BCUT2D eigenvalue weighted by Gasteiger charge is 2.25. The Bertz CT molecular complexity index is 764. The van der Waals surface area contributed by atoms with Crippen LogP contribution in [0.15, 0.2) is 28.7 Å². The van der Waals surface area contributed by atoms with Gasteiger partial charge >= 0.3 is 0 Å². The summed E-state index contributed by atoms with van der Waals surface area (Å²) in [4.78, 5) is 16.4. The van der Waals surface area contributed by atoms with E-state index >= 15 is 0 Å². The van der Waals surface area contributed by atoms with Crippen molar-refractivity contribution < 1.29 is 13.9 Å². The van der Waals surface area contributed by atoms with Crippen LogP contribution in [0.3, 0.4) is 0 Å². The van der Waals surface area contributed by atoms with Crippen molar-refractivity contribution in [3.05, 3.63) is 30.2 Å². The lowest BCUT2D eigenvalue weighted by atomic mass is 10.2. The van der Waals surface area contributed by atoms with Crippen molar-refractivity contribution in [1.29, 1.82) is 0 Å². The lowest BCUT2D eigenvalue weighted by molar-refractivity contribution is -0.122. The van der Waals surface area contributed by atoms with Gasteiger partial charge in [-0.3, -0.25) is 14.6 Å². The van der Waals surface area contributed by atoms with Gasteiger partial charge in [0.25, 0.3) is 0 Å². The second-order valence-corrected chi connectivity index (χ2v) is 7.12. The Hall–Kier alpha value is -2.45. The molecule has 4 rings (SSSR count). The first kappa shape index (κ1) is 17.9. The van der Waals surface area contributed by atoms with Crippen LogP contribution < -0.4 is 10.1 Å². The lowest BCUT2D eigenvalue weighted by Crippen LogP contribution is -2.49. The number of hydrogen-bond acceptors (Lipinski definition) is 7. The maximum absolute atomic E-state index is 11.9. The minimum absolute atomic E-state index is 0.145. The fraction of sp³-hybridized carbons (Fsp3) is 0.526. The maximum Gasteiger partial charge on any atom is 0.247 e. The molecule has 0 unspecified atom stereocenters. The summed E-state index contributed by atoms with van der Waals surface area (Å²) in [5.41, 5.74) is 0.876. The van der Waals surface area contributed by atoms with Gasteiger partial charge in [0.15, 0.2) is 0 Å². The number of benzene rings is 1. The zero-order chi connectivity index (χ0) is 18.6. The third-order valence-electron chi connectivity index (χ3n) is 4.94. The molecule has 0 radical (unpaired) electrons. The summed E-state index contributed by atoms with van der Waals surface area (Å²) in [6, 6.07) is 7.98. The fourth-order valence-electron chi connectivity index (χ4n) is 3.17. The van der Waals surface area contributed by atoms with Gasteiger partial charge in [0.05, 0.1) is 20.2 Å². The first-order valence-electron chi connectivity index (χ1n) is 9.40. The normalized spacial score (nSPS) is 18.4. The van der Waals surface area contributed by atoms with Gasteiger partial charge in [-0.2, -0.15) is 0 Å². The number of carbonyl (C=O) groups is 1. The van der Waals surface area contributed by atoms with Gasteiger partial charge < -0.3 is 14.5 Å². The van der Waals surface area contributed by atoms with Crippen molar-refractivity contribution in [2.75, 3.05) is 39.8 Å². The topological polar surface area (TPSA) is 83.7 Å². The van der Waals surface area contributed by atoms with Gasteiger partial charge in [0.1, 0.15) is 5.75 Å². The third-order valence-corrected chi connectivity index (χ3v) is 4.94. The van der Waals surface area contributed by atoms with E-state index in [1.165, 1.54) is 0 Å². The molecule has 2 heterocycles. The van der Waals surface area contributed by atoms with Crippen molar-refractivity contribution in [3.8, 4) is 17.2 Å². The van der Waals surface area contributed by atoms with Gasteiger partial charge in [-0.25, -0.2) is 0 Å². The molecule has 8 nitrogen and oxygen atoms in total. The Morgan fingerprint density at radius 3 is 2.52 bits per heavy atom. The average molecular weight is 371 g/mol. The smallest absolute Gasteiger partial charge is 0.247 e. The van der Waals surface area contributed by atoms with Crippen molar-refractivity contribution >= 4 is 5.91 Å². The summed E-state index contributed by atoms with van der Waals surface area (Å²) < 4.78 is 11.0. The molecule has 0 atom stereocenters. The minimum Gasteiger partial charge on any atom is -0.497 e. The first-order valence-corrected chi connectivity index (χ1v) is 9.40. The van der Waals surface area contributed by atoms with Gasteiger partial charge in [-0.15, -0.1) is 10.2 Å². The lowest BCUT2D eigenvalue weighted by Gasteiger charge is -2.33. The molecule has 27 heavy (non-hydrogen) atoms. The molecule has 0 bridgehead atoms. The second-order valence-electron chi connectivity index (χ2n) is 7.12. The monoisotopic (exact) mass is 371 g/mol. The largest absolute Gasteiger partial charge is 0.497 e. The molecule has 0 spiro atoms. The Morgan fingerprint density at radius 1 is 1.15 bits per heavy atom. The summed E-state index contributed by atoms with van der Waals surface area (Å²) >= 11 is 0. The van der Waals surface area contributed by atoms with Crippen LogP contribution in [0.5, 0.6) is 5.75 Å². The highest BCUT2D eigenvalue weighted by atomic mass is 16.5. The fourth-order valence-corrected chi connectivity index (χ4v) is 3.17. The second kappa shape index (κ2) is 8.06. The van der Waals surface area contributed by atoms with E-state index in [4.69, 9.17) is 9.15 Å². The van der Waals surface area contributed by atoms with Crippen LogP contribution in [0.25, 0.3) is 11.5 Å². The van der Waals surface area contributed by atoms with Crippen LogP contribution in [0.1, 0.15) is 18.7 Å². The predicted octanol–water partition coefficient (Wildman–Crippen LogP) is 1.14. The highest BCUT2D eigenvalue weighted by Crippen LogP contribution is 2.22. The number of nitrogens with one attached hydrogen (secondary N) is 1. The van der Waals surface area contributed by atoms with Crippen LogP contribution in [0.4, 0.5) is 0 Å². The summed E-state index contributed by atoms with van der Waals surface area (Å²) in [5, 5.41) is 11.4. The summed E-state index contributed by atoms with van der Waals surface area (Å²) in [5.74, 6) is 2.07. The Kier molecular flexibility index (Phi) is 5.35. The summed E-state index contributed by atoms with van der Waals surface area (Å²) in [6.07, 6.45) is 2.25. The molecule has 2 aliphatic rings. The molecule has 1 N–H and O–H groups in total. The molecule has 1 saturated heterocycles. The van der Waals surface area contributed by atoms with Gasteiger partial charge in [0.2, 0.25) is 17.7 Å². The molecular formula is C19H25N5O3. The number of nitrogens with zero attached hydrogens (tertiary/aromatic N) is 4. The molecular weight excluding hydrogens is 346 g/mol. The molecule has 1 saturated carbocycles. The maximum atomic E-state index is 11.9. The molecule has 1 aromatic heterocycles. The van der Waals surface area contributed by atoms with Crippen molar-refractivity contribution in [1.82, 2.24) is 25.3 Å². The van der Waals surface area contributed by atoms with Crippen molar-refractivity contribution in [2.45, 2.75) is 25.4 Å². The molecule has 1 amide bonds. The number of methoxy groups -OCH3 is 1. The van der Waals surface area contributed by atoms with E-state index in [0.29, 0.717) is 30.9 Å². The van der Waals surface area contributed by atoms with Gasteiger partial charge in [-0.05, 0) is 37.1 Å². The van der Waals surface area contributed by atoms with Crippen LogP contribution in [-0.2, 0) is 11.3 Å². The van der Waals surface area contributed by atoms with E-state index in [-0.39, 0.29) is 5.91 Å².